The van der Waals surface area contributed by atoms with Gasteiger partial charge in [-0.15, -0.1) is 0 Å². The van der Waals surface area contributed by atoms with Crippen LogP contribution in [0.5, 0.6) is 0 Å². The number of nitrogens with one attached hydrogen (secondary N) is 6. The fraction of sp³-hybridized carbons (Fsp3) is 0.375. The zero-order valence-corrected chi connectivity index (χ0v) is 24.3. The van der Waals surface area contributed by atoms with Gasteiger partial charge in [0, 0.05) is 47.3 Å². The van der Waals surface area contributed by atoms with Crippen molar-refractivity contribution in [2.24, 2.45) is 0 Å². The molecule has 2 amide bonds. The number of Topliss-reactive ketones (excluding diaryl/α,β-unsaturated/α-hetero) is 2. The van der Waals surface area contributed by atoms with Crippen molar-refractivity contribution in [3.8, 4) is 0 Å². The molecule has 2 aromatic carbocycles. The molecule has 4 rings (SSSR count). The van der Waals surface area contributed by atoms with Crippen LogP contribution in [-0.4, -0.2) is 72.6 Å². The standard InChI is InChI=1S/C32H40N6O4/c1-21-7-9-27-23(17-21)25(19-37-27)29(39)31(41)35-15-5-13-33-11-3-4-12-34-14-6-16-36-32(42)30(40)26-20-38-28-10-8-22(2)18-24(26)28/h7-10,17-20,33-34,37-38H,3-6,11-16H2,1-2H3,(H,35,41)(H,36,42). The lowest BCUT2D eigenvalue weighted by Gasteiger charge is -2.08. The summed E-state index contributed by atoms with van der Waals surface area (Å²) in [6.07, 6.45) is 6.67. The highest BCUT2D eigenvalue weighted by Gasteiger charge is 2.20. The molecule has 0 unspecified atom stereocenters. The molecule has 0 radical (unpaired) electrons. The minimum Gasteiger partial charge on any atom is -0.360 e. The summed E-state index contributed by atoms with van der Waals surface area (Å²) < 4.78 is 0. The highest BCUT2D eigenvalue weighted by molar-refractivity contribution is 6.45. The van der Waals surface area contributed by atoms with Gasteiger partial charge in [-0.25, -0.2) is 0 Å². The number of benzene rings is 2. The smallest absolute Gasteiger partial charge is 0.292 e. The Morgan fingerprint density at radius 3 is 1.40 bits per heavy atom. The number of carbonyl (C=O) groups excluding carboxylic acids is 4. The quantitative estimate of drug-likeness (QED) is 0.0650. The number of hydrogen-bond acceptors (Lipinski definition) is 6. The minimum absolute atomic E-state index is 0.397. The first-order valence-corrected chi connectivity index (χ1v) is 14.6. The maximum Gasteiger partial charge on any atom is 0.292 e. The largest absolute Gasteiger partial charge is 0.360 e. The van der Waals surface area contributed by atoms with Crippen molar-refractivity contribution in [2.45, 2.75) is 39.5 Å². The number of ketones is 2. The van der Waals surface area contributed by atoms with Crippen molar-refractivity contribution < 1.29 is 19.2 Å². The molecule has 42 heavy (non-hydrogen) atoms. The van der Waals surface area contributed by atoms with E-state index < -0.39 is 23.4 Å². The summed E-state index contributed by atoms with van der Waals surface area (Å²) in [6, 6.07) is 11.5. The van der Waals surface area contributed by atoms with Crippen LogP contribution < -0.4 is 21.3 Å². The first-order chi connectivity index (χ1) is 20.3. The molecule has 2 heterocycles. The highest BCUT2D eigenvalue weighted by atomic mass is 16.2. The second kappa shape index (κ2) is 15.1. The van der Waals surface area contributed by atoms with Crippen molar-refractivity contribution in [3.63, 3.8) is 0 Å². The number of aryl methyl sites for hydroxylation is 2. The SMILES string of the molecule is Cc1ccc2[nH]cc(C(=O)C(=O)NCCCNCCCCNCCCNC(=O)C(=O)c3c[nH]c4ccc(C)cc34)c2c1. The Labute approximate surface area is 245 Å². The normalized spacial score (nSPS) is 11.2. The van der Waals surface area contributed by atoms with Crippen LogP contribution in [-0.2, 0) is 9.59 Å². The third kappa shape index (κ3) is 8.14. The van der Waals surface area contributed by atoms with Crippen molar-refractivity contribution in [3.05, 3.63) is 71.0 Å². The zero-order chi connectivity index (χ0) is 29.9. The van der Waals surface area contributed by atoms with Crippen molar-refractivity contribution in [1.82, 2.24) is 31.2 Å². The maximum absolute atomic E-state index is 12.5. The number of rotatable bonds is 17. The number of carbonyl (C=O) groups is 4. The van der Waals surface area contributed by atoms with Gasteiger partial charge in [0.1, 0.15) is 0 Å². The number of fused-ring (bicyclic) bond motifs is 2. The summed E-state index contributed by atoms with van der Waals surface area (Å²) in [6.45, 7) is 8.02. The molecule has 0 aliphatic rings. The molecule has 0 aliphatic carbocycles. The molecule has 10 heteroatoms. The molecular formula is C32H40N6O4. The topological polar surface area (TPSA) is 148 Å². The van der Waals surface area contributed by atoms with Gasteiger partial charge in [-0.3, -0.25) is 19.2 Å². The molecular weight excluding hydrogens is 532 g/mol. The summed E-state index contributed by atoms with van der Waals surface area (Å²) in [5, 5.41) is 13.7. The van der Waals surface area contributed by atoms with Crippen LogP contribution in [0.15, 0.2) is 48.8 Å². The lowest BCUT2D eigenvalue weighted by atomic mass is 10.1. The summed E-state index contributed by atoms with van der Waals surface area (Å²) in [4.78, 5) is 55.8. The van der Waals surface area contributed by atoms with Gasteiger partial charge in [0.25, 0.3) is 23.4 Å². The lowest BCUT2D eigenvalue weighted by molar-refractivity contribution is -0.117. The van der Waals surface area contributed by atoms with Crippen molar-refractivity contribution in [1.29, 1.82) is 0 Å². The van der Waals surface area contributed by atoms with Gasteiger partial charge in [0.2, 0.25) is 0 Å². The van der Waals surface area contributed by atoms with Gasteiger partial charge in [0.15, 0.2) is 0 Å². The molecule has 0 atom stereocenters. The van der Waals surface area contributed by atoms with Gasteiger partial charge in [0.05, 0.1) is 11.1 Å². The predicted octanol–water partition coefficient (Wildman–Crippen LogP) is 3.30. The van der Waals surface area contributed by atoms with Crippen LogP contribution in [0.3, 0.4) is 0 Å². The highest BCUT2D eigenvalue weighted by Crippen LogP contribution is 2.21. The van der Waals surface area contributed by atoms with Gasteiger partial charge in [-0.2, -0.15) is 0 Å². The van der Waals surface area contributed by atoms with Gasteiger partial charge < -0.3 is 31.2 Å². The van der Waals surface area contributed by atoms with E-state index in [1.807, 2.05) is 50.2 Å². The number of aromatic nitrogens is 2. The van der Waals surface area contributed by atoms with E-state index in [0.717, 1.165) is 84.8 Å². The molecule has 0 bridgehead atoms. The summed E-state index contributed by atoms with van der Waals surface area (Å²) in [5.74, 6) is -2.22. The van der Waals surface area contributed by atoms with Crippen LogP contribution in [0.25, 0.3) is 21.8 Å². The van der Waals surface area contributed by atoms with E-state index in [1.54, 1.807) is 12.4 Å². The molecule has 0 saturated heterocycles. The average molecular weight is 573 g/mol. The van der Waals surface area contributed by atoms with Crippen LogP contribution >= 0.6 is 0 Å². The molecule has 4 aromatic rings. The molecule has 222 valence electrons. The van der Waals surface area contributed by atoms with Crippen LogP contribution in [0, 0.1) is 13.8 Å². The third-order valence-electron chi connectivity index (χ3n) is 7.17. The lowest BCUT2D eigenvalue weighted by Crippen LogP contribution is -2.33. The predicted molar refractivity (Wildman–Crippen MR) is 165 cm³/mol. The number of H-pyrrole nitrogens is 2. The first kappa shape index (κ1) is 30.7. The van der Waals surface area contributed by atoms with Crippen LogP contribution in [0.1, 0.15) is 57.5 Å². The van der Waals surface area contributed by atoms with E-state index >= 15 is 0 Å². The van der Waals surface area contributed by atoms with E-state index in [0.29, 0.717) is 24.2 Å². The number of hydrogen-bond donors (Lipinski definition) is 6. The molecule has 0 saturated carbocycles. The fourth-order valence-corrected chi connectivity index (χ4v) is 4.83. The summed E-state index contributed by atoms with van der Waals surface area (Å²) >= 11 is 0. The Morgan fingerprint density at radius 1 is 0.571 bits per heavy atom. The van der Waals surface area contributed by atoms with Gasteiger partial charge >= 0.3 is 0 Å². The van der Waals surface area contributed by atoms with Crippen molar-refractivity contribution >= 4 is 45.2 Å². The molecule has 2 aromatic heterocycles. The van der Waals surface area contributed by atoms with Crippen molar-refractivity contribution in [2.75, 3.05) is 39.3 Å². The number of aromatic amines is 2. The molecule has 0 aliphatic heterocycles. The van der Waals surface area contributed by atoms with Gasteiger partial charge in [-0.05, 0) is 90.0 Å². The van der Waals surface area contributed by atoms with E-state index in [2.05, 4.69) is 31.2 Å². The van der Waals surface area contributed by atoms with E-state index in [4.69, 9.17) is 0 Å². The molecule has 6 N–H and O–H groups in total. The Balaban J connectivity index is 0.976. The molecule has 0 fully saturated rings. The van der Waals surface area contributed by atoms with E-state index in [9.17, 15) is 19.2 Å². The minimum atomic E-state index is -0.584. The Kier molecular flexibility index (Phi) is 11.0. The second-order valence-corrected chi connectivity index (χ2v) is 10.6. The maximum atomic E-state index is 12.5. The fourth-order valence-electron chi connectivity index (χ4n) is 4.83. The number of amides is 2. The average Bonchev–Trinajstić information content (AvgIpc) is 3.59. The first-order valence-electron chi connectivity index (χ1n) is 14.6. The van der Waals surface area contributed by atoms with E-state index in [-0.39, 0.29) is 0 Å². The summed E-state index contributed by atoms with van der Waals surface area (Å²) in [7, 11) is 0. The van der Waals surface area contributed by atoms with Crippen LogP contribution in [0.4, 0.5) is 0 Å². The Bertz CT molecular complexity index is 1440. The van der Waals surface area contributed by atoms with Crippen LogP contribution in [0.2, 0.25) is 0 Å². The Hall–Kier alpha value is -4.28. The Morgan fingerprint density at radius 2 is 0.976 bits per heavy atom. The molecule has 10 nitrogen and oxygen atoms in total. The third-order valence-corrected chi connectivity index (χ3v) is 7.17. The number of unbranched alkanes of at least 4 members (excludes halogenated alkanes) is 1. The van der Waals surface area contributed by atoms with E-state index in [1.165, 1.54) is 0 Å². The zero-order valence-electron chi connectivity index (χ0n) is 24.3. The monoisotopic (exact) mass is 572 g/mol. The van der Waals surface area contributed by atoms with Gasteiger partial charge in [-0.1, -0.05) is 23.3 Å². The second-order valence-electron chi connectivity index (χ2n) is 10.6. The summed E-state index contributed by atoms with van der Waals surface area (Å²) in [5.41, 5.74) is 4.54. The molecule has 0 spiro atoms.